The third-order valence-electron chi connectivity index (χ3n) is 4.29. The first-order valence-electron chi connectivity index (χ1n) is 8.86. The molecule has 1 fully saturated rings. The summed E-state index contributed by atoms with van der Waals surface area (Å²) in [5.41, 5.74) is 2.28. The highest BCUT2D eigenvalue weighted by atomic mass is 16.5. The molecule has 1 aromatic carbocycles. The van der Waals surface area contributed by atoms with Gasteiger partial charge in [-0.3, -0.25) is 0 Å². The Labute approximate surface area is 146 Å². The second-order valence-electron chi connectivity index (χ2n) is 7.13. The van der Waals surface area contributed by atoms with Crippen LogP contribution in [-0.4, -0.2) is 50.8 Å². The van der Waals surface area contributed by atoms with Gasteiger partial charge in [-0.05, 0) is 36.5 Å². The molecule has 0 bridgehead atoms. The van der Waals surface area contributed by atoms with Gasteiger partial charge in [0, 0.05) is 46.0 Å². The van der Waals surface area contributed by atoms with Crippen molar-refractivity contribution in [1.29, 1.82) is 0 Å². The van der Waals surface area contributed by atoms with Crippen molar-refractivity contribution in [1.82, 2.24) is 10.2 Å². The molecule has 134 valence electrons. The first-order chi connectivity index (χ1) is 11.5. The number of likely N-dealkylation sites (tertiary alicyclic amines) is 1. The normalized spacial score (nSPS) is 15.6. The van der Waals surface area contributed by atoms with E-state index in [2.05, 4.69) is 48.3 Å². The minimum absolute atomic E-state index is 0.0222. The fourth-order valence-electron chi connectivity index (χ4n) is 2.76. The SMILES string of the molecule is CC(C)COC1CCN(C(=O)NCc2ccc(N(C)C)cc2)CC1. The highest BCUT2D eigenvalue weighted by Gasteiger charge is 2.23. The summed E-state index contributed by atoms with van der Waals surface area (Å²) in [5, 5.41) is 3.01. The number of hydrogen-bond donors (Lipinski definition) is 1. The van der Waals surface area contributed by atoms with E-state index in [0.29, 0.717) is 18.6 Å². The molecule has 5 nitrogen and oxygen atoms in total. The van der Waals surface area contributed by atoms with E-state index >= 15 is 0 Å². The summed E-state index contributed by atoms with van der Waals surface area (Å²) in [5.74, 6) is 0.560. The Bertz CT molecular complexity index is 506. The molecule has 2 amide bonds. The highest BCUT2D eigenvalue weighted by molar-refractivity contribution is 5.74. The zero-order valence-corrected chi connectivity index (χ0v) is 15.4. The molecule has 0 spiro atoms. The van der Waals surface area contributed by atoms with Crippen molar-refractivity contribution in [3.8, 4) is 0 Å². The first kappa shape index (κ1) is 18.6. The van der Waals surface area contributed by atoms with E-state index in [4.69, 9.17) is 4.74 Å². The van der Waals surface area contributed by atoms with Gasteiger partial charge >= 0.3 is 6.03 Å². The van der Waals surface area contributed by atoms with Gasteiger partial charge in [-0.15, -0.1) is 0 Å². The van der Waals surface area contributed by atoms with E-state index in [0.717, 1.165) is 43.8 Å². The van der Waals surface area contributed by atoms with Gasteiger partial charge in [0.1, 0.15) is 0 Å². The summed E-state index contributed by atoms with van der Waals surface area (Å²) in [6.07, 6.45) is 2.16. The number of hydrogen-bond acceptors (Lipinski definition) is 3. The van der Waals surface area contributed by atoms with E-state index in [1.807, 2.05) is 19.0 Å². The first-order valence-corrected chi connectivity index (χ1v) is 8.86. The standard InChI is InChI=1S/C19H31N3O2/c1-15(2)14-24-18-9-11-22(12-10-18)19(23)20-13-16-5-7-17(8-6-16)21(3)4/h5-8,15,18H,9-14H2,1-4H3,(H,20,23). The van der Waals surface area contributed by atoms with Gasteiger partial charge < -0.3 is 19.9 Å². The van der Waals surface area contributed by atoms with Crippen LogP contribution in [0.1, 0.15) is 32.3 Å². The minimum Gasteiger partial charge on any atom is -0.378 e. The average molecular weight is 333 g/mol. The monoisotopic (exact) mass is 333 g/mol. The van der Waals surface area contributed by atoms with Crippen LogP contribution in [0.4, 0.5) is 10.5 Å². The molecule has 5 heteroatoms. The van der Waals surface area contributed by atoms with E-state index in [-0.39, 0.29) is 6.03 Å². The molecule has 1 saturated heterocycles. The van der Waals surface area contributed by atoms with Crippen molar-refractivity contribution < 1.29 is 9.53 Å². The number of nitrogens with one attached hydrogen (secondary N) is 1. The summed E-state index contributed by atoms with van der Waals surface area (Å²) in [4.78, 5) is 16.2. The van der Waals surface area contributed by atoms with Crippen molar-refractivity contribution in [2.45, 2.75) is 39.3 Å². The fourth-order valence-corrected chi connectivity index (χ4v) is 2.76. The van der Waals surface area contributed by atoms with Crippen LogP contribution in [-0.2, 0) is 11.3 Å². The van der Waals surface area contributed by atoms with Gasteiger partial charge in [-0.2, -0.15) is 0 Å². The average Bonchev–Trinajstić information content (AvgIpc) is 2.58. The third-order valence-corrected chi connectivity index (χ3v) is 4.29. The largest absolute Gasteiger partial charge is 0.378 e. The number of anilines is 1. The lowest BCUT2D eigenvalue weighted by Crippen LogP contribution is -2.45. The predicted molar refractivity (Wildman–Crippen MR) is 98.4 cm³/mol. The Balaban J connectivity index is 1.71. The molecule has 1 heterocycles. The van der Waals surface area contributed by atoms with Crippen LogP contribution in [0.25, 0.3) is 0 Å². The zero-order chi connectivity index (χ0) is 17.5. The molecular weight excluding hydrogens is 302 g/mol. The van der Waals surface area contributed by atoms with Crippen molar-refractivity contribution in [2.24, 2.45) is 5.92 Å². The van der Waals surface area contributed by atoms with Crippen molar-refractivity contribution in [2.75, 3.05) is 38.7 Å². The maximum Gasteiger partial charge on any atom is 0.317 e. The molecule has 0 aliphatic carbocycles. The molecule has 0 atom stereocenters. The maximum atomic E-state index is 12.3. The number of ether oxygens (including phenoxy) is 1. The maximum absolute atomic E-state index is 12.3. The zero-order valence-electron chi connectivity index (χ0n) is 15.4. The Hall–Kier alpha value is -1.75. The topological polar surface area (TPSA) is 44.8 Å². The lowest BCUT2D eigenvalue weighted by Gasteiger charge is -2.32. The van der Waals surface area contributed by atoms with Crippen LogP contribution < -0.4 is 10.2 Å². The number of nitrogens with zero attached hydrogens (tertiary/aromatic N) is 2. The van der Waals surface area contributed by atoms with Crippen LogP contribution in [0.5, 0.6) is 0 Å². The lowest BCUT2D eigenvalue weighted by molar-refractivity contribution is 0.00211. The van der Waals surface area contributed by atoms with Crippen LogP contribution >= 0.6 is 0 Å². The van der Waals surface area contributed by atoms with Gasteiger partial charge in [0.25, 0.3) is 0 Å². The molecular formula is C19H31N3O2. The van der Waals surface area contributed by atoms with E-state index in [9.17, 15) is 4.79 Å². The van der Waals surface area contributed by atoms with Gasteiger partial charge in [-0.1, -0.05) is 26.0 Å². The van der Waals surface area contributed by atoms with E-state index in [1.165, 1.54) is 0 Å². The molecule has 2 rings (SSSR count). The number of piperidine rings is 1. The number of carbonyl (C=O) groups is 1. The van der Waals surface area contributed by atoms with Crippen molar-refractivity contribution >= 4 is 11.7 Å². The van der Waals surface area contributed by atoms with Gasteiger partial charge in [0.15, 0.2) is 0 Å². The van der Waals surface area contributed by atoms with E-state index in [1.54, 1.807) is 0 Å². The number of amides is 2. The molecule has 0 saturated carbocycles. The van der Waals surface area contributed by atoms with Crippen molar-refractivity contribution in [3.05, 3.63) is 29.8 Å². The van der Waals surface area contributed by atoms with E-state index < -0.39 is 0 Å². The molecule has 1 N–H and O–H groups in total. The van der Waals surface area contributed by atoms with Crippen LogP contribution in [0.15, 0.2) is 24.3 Å². The summed E-state index contributed by atoms with van der Waals surface area (Å²) in [7, 11) is 4.04. The second kappa shape index (κ2) is 8.92. The Morgan fingerprint density at radius 3 is 2.42 bits per heavy atom. The molecule has 0 aromatic heterocycles. The summed E-state index contributed by atoms with van der Waals surface area (Å²) in [6, 6.07) is 8.27. The molecule has 0 radical (unpaired) electrons. The quantitative estimate of drug-likeness (QED) is 0.870. The second-order valence-corrected chi connectivity index (χ2v) is 7.13. The highest BCUT2D eigenvalue weighted by Crippen LogP contribution is 2.15. The Kier molecular flexibility index (Phi) is 6.91. The van der Waals surface area contributed by atoms with Crippen LogP contribution in [0.2, 0.25) is 0 Å². The fraction of sp³-hybridized carbons (Fsp3) is 0.632. The van der Waals surface area contributed by atoms with Gasteiger partial charge in [-0.25, -0.2) is 4.79 Å². The molecule has 24 heavy (non-hydrogen) atoms. The van der Waals surface area contributed by atoms with Crippen molar-refractivity contribution in [3.63, 3.8) is 0 Å². The molecule has 0 unspecified atom stereocenters. The number of rotatable bonds is 6. The predicted octanol–water partition coefficient (Wildman–Crippen LogP) is 3.10. The van der Waals surface area contributed by atoms with Gasteiger partial charge in [0.05, 0.1) is 6.10 Å². The number of benzene rings is 1. The molecule has 1 aromatic rings. The smallest absolute Gasteiger partial charge is 0.317 e. The number of carbonyl (C=O) groups excluding carboxylic acids is 1. The van der Waals surface area contributed by atoms with Gasteiger partial charge in [0.2, 0.25) is 0 Å². The summed E-state index contributed by atoms with van der Waals surface area (Å²) < 4.78 is 5.87. The Morgan fingerprint density at radius 2 is 1.88 bits per heavy atom. The Morgan fingerprint density at radius 1 is 1.25 bits per heavy atom. The molecule has 1 aliphatic rings. The minimum atomic E-state index is 0.0222. The lowest BCUT2D eigenvalue weighted by atomic mass is 10.1. The molecule has 1 aliphatic heterocycles. The number of urea groups is 1. The third kappa shape index (κ3) is 5.71. The summed E-state index contributed by atoms with van der Waals surface area (Å²) >= 11 is 0. The van der Waals surface area contributed by atoms with Crippen LogP contribution in [0, 0.1) is 5.92 Å². The summed E-state index contributed by atoms with van der Waals surface area (Å²) in [6.45, 7) is 7.24. The van der Waals surface area contributed by atoms with Crippen LogP contribution in [0.3, 0.4) is 0 Å².